The molecular weight excluding hydrogens is 556 g/mol. The van der Waals surface area contributed by atoms with Crippen molar-refractivity contribution in [1.82, 2.24) is 0 Å². The second kappa shape index (κ2) is 33.8. The fraction of sp³-hybridized carbons (Fsp3) is 0.250. The van der Waals surface area contributed by atoms with Crippen molar-refractivity contribution >= 4 is 54.2 Å². The van der Waals surface area contributed by atoms with Crippen molar-refractivity contribution in [3.63, 3.8) is 0 Å². The molecule has 0 fully saturated rings. The van der Waals surface area contributed by atoms with Crippen LogP contribution < -0.4 is 0 Å². The van der Waals surface area contributed by atoms with Crippen molar-refractivity contribution in [2.75, 3.05) is 0 Å². The van der Waals surface area contributed by atoms with Gasteiger partial charge in [0.2, 0.25) is 0 Å². The zero-order valence-electron chi connectivity index (χ0n) is 22.9. The highest BCUT2D eigenvalue weighted by Crippen LogP contribution is 1.83. The summed E-state index contributed by atoms with van der Waals surface area (Å²) in [4.78, 5) is 57.6. The first-order valence-electron chi connectivity index (χ1n) is 9.67. The summed E-state index contributed by atoms with van der Waals surface area (Å²) in [5, 5.41) is 47.3. The smallest absolute Gasteiger partial charge is 0.330 e. The van der Waals surface area contributed by atoms with Gasteiger partial charge in [0.1, 0.15) is 0 Å². The fourth-order valence-electron chi connectivity index (χ4n) is 0. The third-order valence-corrected chi connectivity index (χ3v) is 2.19. The molecule has 15 heteroatoms. The standard InChI is InChI=1S/6C4H6O2.H3NP2/c6*1-3(2)4(5)6;2-1-3/h6*1H2,2H3,(H,5,6);2H,3H2. The first-order chi connectivity index (χ1) is 17.3. The van der Waals surface area contributed by atoms with E-state index in [1.165, 1.54) is 41.5 Å². The van der Waals surface area contributed by atoms with E-state index in [-0.39, 0.29) is 33.4 Å². The molecule has 0 aliphatic rings. The highest BCUT2D eigenvalue weighted by Gasteiger charge is 1.92. The molecule has 0 radical (unpaired) electrons. The Labute approximate surface area is 232 Å². The number of rotatable bonds is 6. The Kier molecular flexibility index (Phi) is 44.6. The van der Waals surface area contributed by atoms with Crippen LogP contribution >= 0.6 is 18.4 Å². The summed E-state index contributed by atoms with van der Waals surface area (Å²) in [5.41, 5.74) is 1.06. The van der Waals surface area contributed by atoms with Crippen LogP contribution in [-0.2, 0) is 28.8 Å². The largest absolute Gasteiger partial charge is 0.478 e. The van der Waals surface area contributed by atoms with Gasteiger partial charge in [0.05, 0.1) is 0 Å². The van der Waals surface area contributed by atoms with Crippen LogP contribution in [0.2, 0.25) is 0 Å². The SMILES string of the molecule is C=C(C)C(=O)O.C=C(C)C(=O)O.C=C(C)C(=O)O.C=C(C)C(=O)O.C=C(C)C(=O)O.C=C(C)C(=O)O.P=NP. The molecule has 1 unspecified atom stereocenters. The normalized spacial score (nSPS) is 7.26. The Morgan fingerprint density at radius 3 is 0.462 bits per heavy atom. The predicted molar refractivity (Wildman–Crippen MR) is 155 cm³/mol. The van der Waals surface area contributed by atoms with Gasteiger partial charge in [-0.25, -0.2) is 28.8 Å². The minimum Gasteiger partial charge on any atom is -0.478 e. The lowest BCUT2D eigenvalue weighted by atomic mass is 10.4. The van der Waals surface area contributed by atoms with Gasteiger partial charge in [0.25, 0.3) is 0 Å². The molecule has 0 aromatic carbocycles. The maximum absolute atomic E-state index is 9.60. The van der Waals surface area contributed by atoms with Crippen molar-refractivity contribution in [2.45, 2.75) is 41.5 Å². The van der Waals surface area contributed by atoms with Crippen molar-refractivity contribution < 1.29 is 59.4 Å². The van der Waals surface area contributed by atoms with E-state index in [1.807, 2.05) is 0 Å². The van der Waals surface area contributed by atoms with Crippen LogP contribution in [0.4, 0.5) is 0 Å². The molecule has 1 atom stereocenters. The monoisotopic (exact) mass is 595 g/mol. The van der Waals surface area contributed by atoms with Crippen LogP contribution in [0.25, 0.3) is 0 Å². The Bertz CT molecular complexity index is 677. The van der Waals surface area contributed by atoms with Crippen molar-refractivity contribution in [3.05, 3.63) is 72.9 Å². The summed E-state index contributed by atoms with van der Waals surface area (Å²) in [6.07, 6.45) is 0. The highest BCUT2D eigenvalue weighted by atomic mass is 31.1. The van der Waals surface area contributed by atoms with E-state index in [4.69, 9.17) is 30.6 Å². The van der Waals surface area contributed by atoms with Gasteiger partial charge >= 0.3 is 35.8 Å². The van der Waals surface area contributed by atoms with Gasteiger partial charge in [0.15, 0.2) is 0 Å². The second-order valence-corrected chi connectivity index (χ2v) is 7.67. The number of carbonyl (C=O) groups is 6. The van der Waals surface area contributed by atoms with Crippen LogP contribution in [-0.4, -0.2) is 66.5 Å². The summed E-state index contributed by atoms with van der Waals surface area (Å²) >= 11 is 0. The van der Waals surface area contributed by atoms with E-state index in [0.29, 0.717) is 0 Å². The zero-order chi connectivity index (χ0) is 33.6. The molecule has 0 rings (SSSR count). The molecule has 0 saturated heterocycles. The van der Waals surface area contributed by atoms with Crippen molar-refractivity contribution in [3.8, 4) is 0 Å². The number of aliphatic carboxylic acids is 6. The predicted octanol–water partition coefficient (Wildman–Crippen LogP) is 4.99. The number of nitrogens with zero attached hydrogens (tertiary/aromatic N) is 1. The average molecular weight is 596 g/mol. The molecule has 0 aliphatic heterocycles. The molecule has 222 valence electrons. The third kappa shape index (κ3) is 87.2. The molecule has 39 heavy (non-hydrogen) atoms. The lowest BCUT2D eigenvalue weighted by molar-refractivity contribution is -0.133. The first kappa shape index (κ1) is 51.4. The summed E-state index contributed by atoms with van der Waals surface area (Å²) in [5.74, 6) is -5.61. The molecule has 0 aromatic heterocycles. The summed E-state index contributed by atoms with van der Waals surface area (Å²) in [7, 11) is 4.89. The quantitative estimate of drug-likeness (QED) is 0.176. The van der Waals surface area contributed by atoms with Gasteiger partial charge in [-0.2, -0.15) is 0 Å². The molecule has 6 N–H and O–H groups in total. The summed E-state index contributed by atoms with van der Waals surface area (Å²) in [6.45, 7) is 27.6. The number of hydrogen-bond donors (Lipinski definition) is 6. The molecule has 0 aliphatic carbocycles. The van der Waals surface area contributed by atoms with E-state index in [9.17, 15) is 28.8 Å². The first-order valence-corrected chi connectivity index (χ1v) is 10.6. The molecule has 13 nitrogen and oxygen atoms in total. The van der Waals surface area contributed by atoms with Gasteiger partial charge in [-0.1, -0.05) is 39.5 Å². The molecule has 0 aromatic rings. The molecule has 0 amide bonds. The van der Waals surface area contributed by atoms with Crippen LogP contribution in [0.3, 0.4) is 0 Å². The Morgan fingerprint density at radius 2 is 0.462 bits per heavy atom. The summed E-state index contributed by atoms with van der Waals surface area (Å²) < 4.78 is 3.22. The highest BCUT2D eigenvalue weighted by molar-refractivity contribution is 7.23. The second-order valence-electron chi connectivity index (χ2n) is 6.64. The maximum atomic E-state index is 9.60. The van der Waals surface area contributed by atoms with Crippen LogP contribution in [0.15, 0.2) is 77.4 Å². The topological polar surface area (TPSA) is 236 Å². The van der Waals surface area contributed by atoms with E-state index < -0.39 is 35.8 Å². The van der Waals surface area contributed by atoms with Crippen LogP contribution in [0, 0.1) is 0 Å². The van der Waals surface area contributed by atoms with Gasteiger partial charge in [-0.05, 0) is 60.0 Å². The molecule has 0 bridgehead atoms. The molecular formula is C24H39NO12P2. The summed E-state index contributed by atoms with van der Waals surface area (Å²) in [6, 6.07) is 0. The Balaban J connectivity index is -0.0000000617. The van der Waals surface area contributed by atoms with E-state index >= 15 is 0 Å². The lowest BCUT2D eigenvalue weighted by Crippen LogP contribution is -1.92. The van der Waals surface area contributed by atoms with Crippen molar-refractivity contribution in [1.29, 1.82) is 0 Å². The third-order valence-electron chi connectivity index (χ3n) is 2.19. The van der Waals surface area contributed by atoms with Gasteiger partial charge < -0.3 is 30.6 Å². The van der Waals surface area contributed by atoms with Gasteiger partial charge in [0, 0.05) is 33.4 Å². The molecule has 0 saturated carbocycles. The van der Waals surface area contributed by atoms with Crippen LogP contribution in [0.1, 0.15) is 41.5 Å². The molecule has 0 heterocycles. The van der Waals surface area contributed by atoms with Gasteiger partial charge in [-0.15, -0.1) is 0 Å². The van der Waals surface area contributed by atoms with E-state index in [2.05, 4.69) is 62.4 Å². The van der Waals surface area contributed by atoms with Crippen molar-refractivity contribution in [2.24, 2.45) is 4.52 Å². The molecule has 0 spiro atoms. The van der Waals surface area contributed by atoms with E-state index in [1.54, 1.807) is 0 Å². The average Bonchev–Trinajstić information content (AvgIpc) is 2.75. The minimum absolute atomic E-state index is 0.176. The number of hydrogen-bond acceptors (Lipinski definition) is 7. The number of carboxylic acid groups (broad SMARTS) is 6. The lowest BCUT2D eigenvalue weighted by Gasteiger charge is -1.79. The van der Waals surface area contributed by atoms with Crippen LogP contribution in [0.5, 0.6) is 0 Å². The number of carboxylic acids is 6. The van der Waals surface area contributed by atoms with Gasteiger partial charge in [-0.3, -0.25) is 4.52 Å². The minimum atomic E-state index is -0.935. The maximum Gasteiger partial charge on any atom is 0.330 e. The zero-order valence-corrected chi connectivity index (χ0v) is 25.1. The Morgan fingerprint density at radius 1 is 0.436 bits per heavy atom. The fourth-order valence-corrected chi connectivity index (χ4v) is 0. The Hall–Kier alpha value is -4.21. The van der Waals surface area contributed by atoms with E-state index in [0.717, 1.165) is 0 Å².